The molecule has 0 N–H and O–H groups in total. The molecule has 3 aliphatic heterocycles. The minimum atomic E-state index is -4.90. The van der Waals surface area contributed by atoms with Gasteiger partial charge in [-0.3, -0.25) is 9.59 Å². The van der Waals surface area contributed by atoms with Crippen molar-refractivity contribution in [3.8, 4) is 0 Å². The maximum Gasteiger partial charge on any atom is 0.434 e. The number of rotatable bonds is 8. The largest absolute Gasteiger partial charge is 0.466 e. The van der Waals surface area contributed by atoms with Crippen LogP contribution in [0.1, 0.15) is 70.0 Å². The smallest absolute Gasteiger partial charge is 0.434 e. The molecule has 1 atom stereocenters. The van der Waals surface area contributed by atoms with Gasteiger partial charge in [-0.05, 0) is 49.1 Å². The van der Waals surface area contributed by atoms with Gasteiger partial charge in [0.2, 0.25) is 5.91 Å². The zero-order valence-corrected chi connectivity index (χ0v) is 24.3. The maximum absolute atomic E-state index is 14.3. The molecule has 4 rings (SSSR count). The summed E-state index contributed by atoms with van der Waals surface area (Å²) in [4.78, 5) is 45.6. The van der Waals surface area contributed by atoms with Crippen LogP contribution in [-0.4, -0.2) is 65.3 Å². The molecule has 0 radical (unpaired) electrons. The van der Waals surface area contributed by atoms with Crippen LogP contribution in [0.4, 0.5) is 13.2 Å². The number of likely N-dealkylation sites (tertiary alicyclic amines) is 1. The van der Waals surface area contributed by atoms with E-state index in [9.17, 15) is 27.6 Å². The Bertz CT molecular complexity index is 1270. The van der Waals surface area contributed by atoms with E-state index in [0.29, 0.717) is 43.8 Å². The van der Waals surface area contributed by atoms with Crippen molar-refractivity contribution < 1.29 is 37.0 Å². The summed E-state index contributed by atoms with van der Waals surface area (Å²) in [5.41, 5.74) is -0.0369. The second kappa shape index (κ2) is 12.7. The first-order chi connectivity index (χ1) is 19.5. The van der Waals surface area contributed by atoms with Crippen molar-refractivity contribution in [2.45, 2.75) is 65.1 Å². The second-order valence-electron chi connectivity index (χ2n) is 10.3. The fraction of sp³-hybridized carbons (Fsp3) is 0.517. The van der Waals surface area contributed by atoms with E-state index in [-0.39, 0.29) is 41.9 Å². The molecular formula is C29H34F3N3O5S. The van der Waals surface area contributed by atoms with E-state index in [1.54, 1.807) is 34.3 Å². The van der Waals surface area contributed by atoms with Gasteiger partial charge in [-0.25, -0.2) is 9.79 Å². The van der Waals surface area contributed by atoms with Crippen molar-refractivity contribution in [2.24, 2.45) is 10.9 Å². The molecule has 222 valence electrons. The number of thioether (sulfide) groups is 1. The summed E-state index contributed by atoms with van der Waals surface area (Å²) in [6, 6.07) is 5.88. The second-order valence-corrected chi connectivity index (χ2v) is 11.1. The van der Waals surface area contributed by atoms with Crippen molar-refractivity contribution in [1.29, 1.82) is 0 Å². The van der Waals surface area contributed by atoms with E-state index >= 15 is 0 Å². The zero-order chi connectivity index (χ0) is 29.9. The number of hydrogen-bond donors (Lipinski definition) is 0. The Morgan fingerprint density at radius 1 is 1.05 bits per heavy atom. The molecule has 3 aliphatic rings. The molecule has 1 saturated heterocycles. The van der Waals surface area contributed by atoms with Crippen molar-refractivity contribution >= 4 is 34.8 Å². The van der Waals surface area contributed by atoms with Gasteiger partial charge in [0.15, 0.2) is 10.9 Å². The van der Waals surface area contributed by atoms with E-state index < -0.39 is 29.5 Å². The average molecular weight is 594 g/mol. The predicted molar refractivity (Wildman–Crippen MR) is 148 cm³/mol. The number of carbonyl (C=O) groups is 3. The Morgan fingerprint density at radius 3 is 2.24 bits per heavy atom. The predicted octanol–water partition coefficient (Wildman–Crippen LogP) is 5.68. The van der Waals surface area contributed by atoms with Crippen LogP contribution in [0.3, 0.4) is 0 Å². The van der Waals surface area contributed by atoms with Crippen LogP contribution in [0, 0.1) is 5.92 Å². The highest BCUT2D eigenvalue weighted by Gasteiger charge is 2.49. The molecule has 1 aromatic carbocycles. The van der Waals surface area contributed by atoms with Crippen LogP contribution in [0.2, 0.25) is 0 Å². The normalized spacial score (nSPS) is 19.7. The molecule has 0 saturated carbocycles. The SMILES string of the molecule is CCOC(=O)C1=C(C(F)(F)F)N=C2SC=C(CC(=O)N3CCC(C(=O)OCC)CC3)N2C1c1ccc(C(C)C)cc1. The molecule has 0 spiro atoms. The first kappa shape index (κ1) is 30.7. The third kappa shape index (κ3) is 6.63. The Morgan fingerprint density at radius 2 is 1.68 bits per heavy atom. The number of benzene rings is 1. The van der Waals surface area contributed by atoms with Gasteiger partial charge < -0.3 is 19.3 Å². The molecule has 41 heavy (non-hydrogen) atoms. The minimum absolute atomic E-state index is 0.0344. The number of halogens is 3. The Labute approximate surface area is 241 Å². The number of amidine groups is 1. The van der Waals surface area contributed by atoms with Crippen molar-refractivity contribution in [3.05, 3.63) is 57.8 Å². The van der Waals surface area contributed by atoms with Gasteiger partial charge in [-0.15, -0.1) is 0 Å². The number of fused-ring (bicyclic) bond motifs is 1. The van der Waals surface area contributed by atoms with Gasteiger partial charge in [0.25, 0.3) is 0 Å². The lowest BCUT2D eigenvalue weighted by Crippen LogP contribution is -2.43. The third-order valence-corrected chi connectivity index (χ3v) is 8.18. The molecule has 1 amide bonds. The molecule has 8 nitrogen and oxygen atoms in total. The summed E-state index contributed by atoms with van der Waals surface area (Å²) in [5.74, 6) is -1.67. The Kier molecular flexibility index (Phi) is 9.51. The quantitative estimate of drug-likeness (QED) is 0.358. The summed E-state index contributed by atoms with van der Waals surface area (Å²) in [6.07, 6.45) is -4.05. The average Bonchev–Trinajstić information content (AvgIpc) is 3.34. The van der Waals surface area contributed by atoms with Crippen molar-refractivity contribution in [3.63, 3.8) is 0 Å². The first-order valence-corrected chi connectivity index (χ1v) is 14.6. The molecular weight excluding hydrogens is 559 g/mol. The topological polar surface area (TPSA) is 88.5 Å². The van der Waals surface area contributed by atoms with E-state index in [1.807, 2.05) is 26.0 Å². The molecule has 12 heteroatoms. The lowest BCUT2D eigenvalue weighted by molar-refractivity contribution is -0.151. The summed E-state index contributed by atoms with van der Waals surface area (Å²) in [6.45, 7) is 8.21. The van der Waals surface area contributed by atoms with Crippen LogP contribution in [0.5, 0.6) is 0 Å². The molecule has 0 aromatic heterocycles. The monoisotopic (exact) mass is 593 g/mol. The lowest BCUT2D eigenvalue weighted by Gasteiger charge is -2.37. The Hall–Kier alpha value is -3.28. The number of carbonyl (C=O) groups excluding carboxylic acids is 3. The number of allylic oxidation sites excluding steroid dienone is 1. The van der Waals surface area contributed by atoms with E-state index in [2.05, 4.69) is 4.99 Å². The lowest BCUT2D eigenvalue weighted by atomic mass is 9.91. The molecule has 0 aliphatic carbocycles. The highest BCUT2D eigenvalue weighted by atomic mass is 32.2. The Balaban J connectivity index is 1.66. The first-order valence-electron chi connectivity index (χ1n) is 13.7. The number of alkyl halides is 3. The number of esters is 2. The van der Waals surface area contributed by atoms with Crippen LogP contribution in [-0.2, 0) is 23.9 Å². The fourth-order valence-corrected chi connectivity index (χ4v) is 6.08. The van der Waals surface area contributed by atoms with Gasteiger partial charge >= 0.3 is 18.1 Å². The number of nitrogens with zero attached hydrogens (tertiary/aromatic N) is 3. The van der Waals surface area contributed by atoms with Gasteiger partial charge in [0, 0.05) is 18.8 Å². The van der Waals surface area contributed by atoms with Crippen molar-refractivity contribution in [1.82, 2.24) is 9.80 Å². The van der Waals surface area contributed by atoms with E-state index in [4.69, 9.17) is 9.47 Å². The minimum Gasteiger partial charge on any atom is -0.466 e. The molecule has 1 fully saturated rings. The van der Waals surface area contributed by atoms with Gasteiger partial charge in [-0.1, -0.05) is 49.9 Å². The summed E-state index contributed by atoms with van der Waals surface area (Å²) in [5, 5.41) is 1.65. The summed E-state index contributed by atoms with van der Waals surface area (Å²) in [7, 11) is 0. The molecule has 0 bridgehead atoms. The number of hydrogen-bond acceptors (Lipinski definition) is 8. The fourth-order valence-electron chi connectivity index (χ4n) is 5.16. The van der Waals surface area contributed by atoms with Gasteiger partial charge in [0.05, 0.1) is 37.2 Å². The number of piperidine rings is 1. The standard InChI is InChI=1S/C29H34F3N3O5S/c1-5-39-26(37)20-11-13-34(14-12-20)22(36)15-21-16-41-28-33-25(29(30,31)32)23(27(38)40-6-2)24(35(21)28)19-9-7-18(8-10-19)17(3)4/h7-10,16-17,20,24H,5-6,11-15H2,1-4H3. The van der Waals surface area contributed by atoms with Crippen LogP contribution in [0.15, 0.2) is 51.6 Å². The van der Waals surface area contributed by atoms with Crippen LogP contribution < -0.4 is 0 Å². The van der Waals surface area contributed by atoms with Gasteiger partial charge in [0.1, 0.15) is 0 Å². The highest BCUT2D eigenvalue weighted by molar-refractivity contribution is 8.16. The number of ether oxygens (including phenoxy) is 2. The van der Waals surface area contributed by atoms with E-state index in [0.717, 1.165) is 17.3 Å². The van der Waals surface area contributed by atoms with Crippen molar-refractivity contribution in [2.75, 3.05) is 26.3 Å². The number of aliphatic imine (C=N–C) groups is 1. The van der Waals surface area contributed by atoms with Crippen LogP contribution in [0.25, 0.3) is 0 Å². The highest BCUT2D eigenvalue weighted by Crippen LogP contribution is 2.48. The third-order valence-electron chi connectivity index (χ3n) is 7.29. The molecule has 3 heterocycles. The number of amides is 1. The van der Waals surface area contributed by atoms with Gasteiger partial charge in [-0.2, -0.15) is 13.2 Å². The molecule has 1 unspecified atom stereocenters. The zero-order valence-electron chi connectivity index (χ0n) is 23.5. The summed E-state index contributed by atoms with van der Waals surface area (Å²) < 4.78 is 53.0. The molecule has 1 aromatic rings. The maximum atomic E-state index is 14.3. The summed E-state index contributed by atoms with van der Waals surface area (Å²) >= 11 is 0.982. The van der Waals surface area contributed by atoms with Crippen LogP contribution >= 0.6 is 11.8 Å². The van der Waals surface area contributed by atoms with E-state index in [1.165, 1.54) is 6.92 Å².